The molecule has 2 atom stereocenters. The molecule has 8 heteroatoms. The Bertz CT molecular complexity index is 662. The van der Waals surface area contributed by atoms with Gasteiger partial charge in [-0.1, -0.05) is 25.8 Å². The number of likely N-dealkylation sites (N-methyl/N-ethyl adjacent to an activating group) is 1. The minimum absolute atomic E-state index is 0.0181. The summed E-state index contributed by atoms with van der Waals surface area (Å²) in [5.41, 5.74) is 1.00. The van der Waals surface area contributed by atoms with Crippen LogP contribution in [0.5, 0.6) is 0 Å². The number of pyridine rings is 1. The molecular formula is C19H29N5O3. The van der Waals surface area contributed by atoms with Crippen LogP contribution in [0.25, 0.3) is 0 Å². The number of carbonyl (C=O) groups is 3. The van der Waals surface area contributed by atoms with E-state index in [-0.39, 0.29) is 25.0 Å². The third kappa shape index (κ3) is 7.34. The van der Waals surface area contributed by atoms with Crippen LogP contribution in [0.3, 0.4) is 0 Å². The molecule has 27 heavy (non-hydrogen) atoms. The number of nitrogens with one attached hydrogen (secondary N) is 3. The molecule has 1 heterocycles. The van der Waals surface area contributed by atoms with Gasteiger partial charge in [-0.2, -0.15) is 0 Å². The molecule has 1 aromatic rings. The van der Waals surface area contributed by atoms with Crippen molar-refractivity contribution in [2.75, 3.05) is 25.5 Å². The van der Waals surface area contributed by atoms with Crippen molar-refractivity contribution in [1.82, 2.24) is 20.5 Å². The van der Waals surface area contributed by atoms with Gasteiger partial charge in [-0.3, -0.25) is 19.8 Å². The van der Waals surface area contributed by atoms with Gasteiger partial charge in [-0.15, -0.1) is 0 Å². The van der Waals surface area contributed by atoms with E-state index in [9.17, 15) is 14.4 Å². The first kappa shape index (κ1) is 20.8. The second kappa shape index (κ2) is 10.0. The van der Waals surface area contributed by atoms with Gasteiger partial charge < -0.3 is 10.6 Å². The fourth-order valence-corrected chi connectivity index (χ4v) is 3.17. The molecule has 0 spiro atoms. The van der Waals surface area contributed by atoms with E-state index in [1.165, 1.54) is 11.3 Å². The smallest absolute Gasteiger partial charge is 0.321 e. The van der Waals surface area contributed by atoms with Crippen LogP contribution in [0.15, 0.2) is 18.3 Å². The average Bonchev–Trinajstić information content (AvgIpc) is 2.58. The normalized spacial score (nSPS) is 19.4. The van der Waals surface area contributed by atoms with Crippen LogP contribution in [0.1, 0.15) is 38.2 Å². The van der Waals surface area contributed by atoms with Crippen molar-refractivity contribution in [3.8, 4) is 0 Å². The molecule has 2 rings (SSSR count). The molecule has 0 saturated heterocycles. The highest BCUT2D eigenvalue weighted by atomic mass is 16.2. The Labute approximate surface area is 160 Å². The topological polar surface area (TPSA) is 103 Å². The maximum absolute atomic E-state index is 12.0. The summed E-state index contributed by atoms with van der Waals surface area (Å²) in [4.78, 5) is 41.6. The number of aromatic nitrogens is 1. The number of nitrogens with zero attached hydrogens (tertiary/aromatic N) is 2. The van der Waals surface area contributed by atoms with E-state index in [0.29, 0.717) is 11.7 Å². The van der Waals surface area contributed by atoms with Crippen molar-refractivity contribution in [2.45, 2.75) is 45.6 Å². The Morgan fingerprint density at radius 2 is 1.85 bits per heavy atom. The van der Waals surface area contributed by atoms with Gasteiger partial charge in [0.1, 0.15) is 5.82 Å². The zero-order chi connectivity index (χ0) is 19.8. The summed E-state index contributed by atoms with van der Waals surface area (Å²) in [6, 6.07) is 3.21. The molecule has 8 nitrogen and oxygen atoms in total. The Hall–Kier alpha value is -2.48. The van der Waals surface area contributed by atoms with E-state index in [1.54, 1.807) is 19.3 Å². The Morgan fingerprint density at radius 1 is 1.15 bits per heavy atom. The number of hydrogen-bond donors (Lipinski definition) is 3. The van der Waals surface area contributed by atoms with Gasteiger partial charge in [0.2, 0.25) is 11.8 Å². The first-order chi connectivity index (χ1) is 12.8. The molecule has 4 amide bonds. The highest BCUT2D eigenvalue weighted by Crippen LogP contribution is 2.23. The quantitative estimate of drug-likeness (QED) is 0.702. The highest BCUT2D eigenvalue weighted by molar-refractivity contribution is 5.96. The van der Waals surface area contributed by atoms with Crippen LogP contribution >= 0.6 is 0 Å². The summed E-state index contributed by atoms with van der Waals surface area (Å²) in [6.07, 6.45) is 5.98. The highest BCUT2D eigenvalue weighted by Gasteiger charge is 2.23. The summed E-state index contributed by atoms with van der Waals surface area (Å²) >= 11 is 0. The van der Waals surface area contributed by atoms with Crippen LogP contribution in [0, 0.1) is 12.8 Å². The zero-order valence-electron chi connectivity index (χ0n) is 16.2. The van der Waals surface area contributed by atoms with E-state index in [2.05, 4.69) is 27.9 Å². The fourth-order valence-electron chi connectivity index (χ4n) is 3.17. The first-order valence-corrected chi connectivity index (χ1v) is 9.35. The molecule has 0 aromatic carbocycles. The summed E-state index contributed by atoms with van der Waals surface area (Å²) in [5.74, 6) is 0.160. The Morgan fingerprint density at radius 3 is 2.52 bits per heavy atom. The van der Waals surface area contributed by atoms with Crippen LogP contribution in [0.2, 0.25) is 0 Å². The van der Waals surface area contributed by atoms with Gasteiger partial charge in [0.15, 0.2) is 0 Å². The van der Waals surface area contributed by atoms with Crippen molar-refractivity contribution in [2.24, 2.45) is 5.92 Å². The lowest BCUT2D eigenvalue weighted by atomic mass is 9.86. The van der Waals surface area contributed by atoms with Crippen LogP contribution in [0.4, 0.5) is 10.6 Å². The van der Waals surface area contributed by atoms with Gasteiger partial charge in [-0.25, -0.2) is 9.78 Å². The third-order valence-corrected chi connectivity index (χ3v) is 4.69. The molecule has 3 N–H and O–H groups in total. The summed E-state index contributed by atoms with van der Waals surface area (Å²) in [5, 5.41) is 7.88. The van der Waals surface area contributed by atoms with Gasteiger partial charge in [-0.05, 0) is 44.4 Å². The fraction of sp³-hybridized carbons (Fsp3) is 0.579. The molecule has 1 aromatic heterocycles. The number of imide groups is 1. The maximum atomic E-state index is 12.0. The van der Waals surface area contributed by atoms with Crippen LogP contribution in [-0.4, -0.2) is 53.9 Å². The number of amides is 4. The number of anilines is 1. The number of urea groups is 1. The lowest BCUT2D eigenvalue weighted by Crippen LogP contribution is -2.50. The second-order valence-corrected chi connectivity index (χ2v) is 7.33. The van der Waals surface area contributed by atoms with Gasteiger partial charge in [0, 0.05) is 12.2 Å². The van der Waals surface area contributed by atoms with Gasteiger partial charge in [0.05, 0.1) is 13.1 Å². The predicted molar refractivity (Wildman–Crippen MR) is 103 cm³/mol. The largest absolute Gasteiger partial charge is 0.335 e. The molecule has 1 fully saturated rings. The summed E-state index contributed by atoms with van der Waals surface area (Å²) < 4.78 is 0. The lowest BCUT2D eigenvalue weighted by Gasteiger charge is -2.29. The van der Waals surface area contributed by atoms with E-state index >= 15 is 0 Å². The van der Waals surface area contributed by atoms with E-state index < -0.39 is 11.9 Å². The second-order valence-electron chi connectivity index (χ2n) is 7.33. The molecule has 148 valence electrons. The number of carbonyl (C=O) groups excluding carboxylic acids is 3. The minimum Gasteiger partial charge on any atom is -0.335 e. The standard InChI is InChI=1S/C19H29N5O3/c1-13-8-9-16(20-10-13)22-17(25)11-24(3)12-18(26)23-19(27)21-15-7-5-4-6-14(15)2/h8-10,14-15H,4-7,11-12H2,1-3H3,(H,20,22,25)(H2,21,23,26,27)/t14-,15-/m1/s1. The zero-order valence-corrected chi connectivity index (χ0v) is 16.2. The molecule has 0 unspecified atom stereocenters. The third-order valence-electron chi connectivity index (χ3n) is 4.69. The van der Waals surface area contributed by atoms with Crippen LogP contribution < -0.4 is 16.0 Å². The molecule has 1 saturated carbocycles. The molecule has 1 aliphatic carbocycles. The monoisotopic (exact) mass is 375 g/mol. The molecule has 0 radical (unpaired) electrons. The van der Waals surface area contributed by atoms with Crippen molar-refractivity contribution in [1.29, 1.82) is 0 Å². The van der Waals surface area contributed by atoms with Crippen molar-refractivity contribution < 1.29 is 14.4 Å². The SMILES string of the molecule is Cc1ccc(NC(=O)CN(C)CC(=O)NC(=O)N[C@@H]2CCCC[C@H]2C)nc1. The summed E-state index contributed by atoms with van der Waals surface area (Å²) in [6.45, 7) is 3.99. The van der Waals surface area contributed by atoms with Crippen molar-refractivity contribution >= 4 is 23.7 Å². The predicted octanol–water partition coefficient (Wildman–Crippen LogP) is 1.66. The molecule has 1 aliphatic rings. The van der Waals surface area contributed by atoms with Gasteiger partial charge >= 0.3 is 6.03 Å². The Balaban J connectivity index is 1.70. The number of aryl methyl sites for hydroxylation is 1. The summed E-state index contributed by atoms with van der Waals surface area (Å²) in [7, 11) is 1.64. The number of hydrogen-bond acceptors (Lipinski definition) is 5. The average molecular weight is 375 g/mol. The van der Waals surface area contributed by atoms with Crippen LogP contribution in [-0.2, 0) is 9.59 Å². The lowest BCUT2D eigenvalue weighted by molar-refractivity contribution is -0.122. The minimum atomic E-state index is -0.472. The van der Waals surface area contributed by atoms with Crippen molar-refractivity contribution in [3.05, 3.63) is 23.9 Å². The Kier molecular flexibility index (Phi) is 7.72. The molecule has 0 bridgehead atoms. The molecule has 0 aliphatic heterocycles. The maximum Gasteiger partial charge on any atom is 0.321 e. The van der Waals surface area contributed by atoms with Gasteiger partial charge in [0.25, 0.3) is 0 Å². The van der Waals surface area contributed by atoms with E-state index in [4.69, 9.17) is 0 Å². The van der Waals surface area contributed by atoms with E-state index in [0.717, 1.165) is 24.8 Å². The van der Waals surface area contributed by atoms with Crippen molar-refractivity contribution in [3.63, 3.8) is 0 Å². The molecular weight excluding hydrogens is 346 g/mol. The van der Waals surface area contributed by atoms with E-state index in [1.807, 2.05) is 13.0 Å². The number of rotatable bonds is 6. The first-order valence-electron chi connectivity index (χ1n) is 9.35.